The van der Waals surface area contributed by atoms with Crippen molar-refractivity contribution in [1.29, 1.82) is 0 Å². The predicted molar refractivity (Wildman–Crippen MR) is 81.4 cm³/mol. The second-order valence-corrected chi connectivity index (χ2v) is 6.02. The summed E-state index contributed by atoms with van der Waals surface area (Å²) in [5, 5.41) is 0. The Bertz CT molecular complexity index is 544. The summed E-state index contributed by atoms with van der Waals surface area (Å²) in [7, 11) is 0. The summed E-state index contributed by atoms with van der Waals surface area (Å²) in [5.41, 5.74) is 3.22. The number of benzene rings is 1. The fourth-order valence-corrected chi connectivity index (χ4v) is 2.41. The third-order valence-corrected chi connectivity index (χ3v) is 3.61. The number of aryl methyl sites for hydroxylation is 2. The molecule has 1 heterocycles. The molecular formula is C17H23NO2. The number of ether oxygens (including phenoxy) is 1. The number of carbonyl (C=O) groups excluding carboxylic acids is 1. The van der Waals surface area contributed by atoms with Gasteiger partial charge in [-0.25, -0.2) is 4.99 Å². The molecule has 1 aromatic rings. The Morgan fingerprint density at radius 2 is 2.15 bits per heavy atom. The molecule has 0 aromatic heterocycles. The van der Waals surface area contributed by atoms with Gasteiger partial charge in [-0.15, -0.1) is 0 Å². The summed E-state index contributed by atoms with van der Waals surface area (Å²) < 4.78 is 5.77. The maximum Gasteiger partial charge on any atom is 0.217 e. The topological polar surface area (TPSA) is 38.7 Å². The van der Waals surface area contributed by atoms with E-state index in [4.69, 9.17) is 4.74 Å². The fourth-order valence-electron chi connectivity index (χ4n) is 2.41. The van der Waals surface area contributed by atoms with Crippen molar-refractivity contribution in [3.8, 4) is 0 Å². The third-order valence-electron chi connectivity index (χ3n) is 3.61. The normalized spacial score (nSPS) is 16.7. The Hall–Kier alpha value is -1.64. The van der Waals surface area contributed by atoms with Gasteiger partial charge in [0.15, 0.2) is 0 Å². The van der Waals surface area contributed by atoms with Gasteiger partial charge in [0.25, 0.3) is 0 Å². The van der Waals surface area contributed by atoms with E-state index in [0.717, 1.165) is 29.0 Å². The van der Waals surface area contributed by atoms with Crippen LogP contribution < -0.4 is 0 Å². The molecular weight excluding hydrogens is 250 g/mol. The van der Waals surface area contributed by atoms with E-state index in [-0.39, 0.29) is 5.54 Å². The molecule has 1 aliphatic heterocycles. The van der Waals surface area contributed by atoms with Crippen LogP contribution in [0.25, 0.3) is 0 Å². The van der Waals surface area contributed by atoms with Gasteiger partial charge in [0.2, 0.25) is 5.90 Å². The first kappa shape index (κ1) is 14.8. The highest BCUT2D eigenvalue weighted by atomic mass is 16.5. The first-order valence-corrected chi connectivity index (χ1v) is 7.26. The number of carbonyl (C=O) groups is 1. The molecule has 20 heavy (non-hydrogen) atoms. The maximum absolute atomic E-state index is 11.5. The number of nitrogens with zero attached hydrogens (tertiary/aromatic N) is 1. The Kier molecular flexibility index (Phi) is 4.26. The molecule has 3 nitrogen and oxygen atoms in total. The largest absolute Gasteiger partial charge is 0.475 e. The second kappa shape index (κ2) is 5.78. The highest BCUT2D eigenvalue weighted by Gasteiger charge is 2.28. The minimum Gasteiger partial charge on any atom is -0.475 e. The molecule has 108 valence electrons. The van der Waals surface area contributed by atoms with Gasteiger partial charge in [0.1, 0.15) is 12.4 Å². The molecule has 0 saturated carbocycles. The lowest BCUT2D eigenvalue weighted by Gasteiger charge is -2.12. The first-order valence-electron chi connectivity index (χ1n) is 7.26. The number of rotatable bonds is 5. The van der Waals surface area contributed by atoms with Crippen LogP contribution in [0.4, 0.5) is 0 Å². The van der Waals surface area contributed by atoms with Gasteiger partial charge in [-0.1, -0.05) is 25.1 Å². The summed E-state index contributed by atoms with van der Waals surface area (Å²) in [4.78, 5) is 16.2. The zero-order valence-corrected chi connectivity index (χ0v) is 12.8. The SMILES string of the molecule is CCC(=O)CCc1cccc(C)c1C1=NC(C)(C)CO1. The number of ketones is 1. The van der Waals surface area contributed by atoms with Crippen molar-refractivity contribution in [2.24, 2.45) is 4.99 Å². The summed E-state index contributed by atoms with van der Waals surface area (Å²) in [6.07, 6.45) is 1.95. The van der Waals surface area contributed by atoms with Gasteiger partial charge < -0.3 is 4.74 Å². The quantitative estimate of drug-likeness (QED) is 0.824. The van der Waals surface area contributed by atoms with Crippen molar-refractivity contribution < 1.29 is 9.53 Å². The number of aliphatic imine (C=N–C) groups is 1. The van der Waals surface area contributed by atoms with Gasteiger partial charge in [-0.05, 0) is 38.3 Å². The van der Waals surface area contributed by atoms with Crippen LogP contribution in [-0.4, -0.2) is 23.8 Å². The molecule has 0 radical (unpaired) electrons. The summed E-state index contributed by atoms with van der Waals surface area (Å²) in [5.74, 6) is 1.03. The maximum atomic E-state index is 11.5. The molecule has 0 saturated heterocycles. The average Bonchev–Trinajstić information content (AvgIpc) is 2.75. The molecule has 0 spiro atoms. The molecule has 1 aliphatic rings. The van der Waals surface area contributed by atoms with E-state index >= 15 is 0 Å². The average molecular weight is 273 g/mol. The van der Waals surface area contributed by atoms with Crippen LogP contribution in [-0.2, 0) is 16.0 Å². The van der Waals surface area contributed by atoms with E-state index in [1.54, 1.807) is 0 Å². The summed E-state index contributed by atoms with van der Waals surface area (Å²) in [6.45, 7) is 8.73. The molecule has 0 aliphatic carbocycles. The summed E-state index contributed by atoms with van der Waals surface area (Å²) in [6, 6.07) is 6.17. The van der Waals surface area contributed by atoms with Gasteiger partial charge in [0.05, 0.1) is 5.54 Å². The van der Waals surface area contributed by atoms with Gasteiger partial charge in [0, 0.05) is 18.4 Å². The molecule has 1 aromatic carbocycles. The van der Waals surface area contributed by atoms with Crippen LogP contribution in [0.3, 0.4) is 0 Å². The van der Waals surface area contributed by atoms with Crippen LogP contribution in [0.5, 0.6) is 0 Å². The van der Waals surface area contributed by atoms with E-state index in [1.807, 2.05) is 13.0 Å². The van der Waals surface area contributed by atoms with E-state index in [1.165, 1.54) is 0 Å². The zero-order valence-electron chi connectivity index (χ0n) is 12.8. The molecule has 0 fully saturated rings. The van der Waals surface area contributed by atoms with E-state index in [0.29, 0.717) is 25.2 Å². The van der Waals surface area contributed by atoms with Crippen molar-refractivity contribution in [3.63, 3.8) is 0 Å². The van der Waals surface area contributed by atoms with Crippen LogP contribution in [0, 0.1) is 6.92 Å². The van der Waals surface area contributed by atoms with Gasteiger partial charge in [-0.3, -0.25) is 4.79 Å². The molecule has 0 N–H and O–H groups in total. The Balaban J connectivity index is 2.30. The number of hydrogen-bond acceptors (Lipinski definition) is 3. The second-order valence-electron chi connectivity index (χ2n) is 6.02. The minimum atomic E-state index is -0.159. The lowest BCUT2D eigenvalue weighted by molar-refractivity contribution is -0.118. The van der Waals surface area contributed by atoms with E-state index in [2.05, 4.69) is 37.9 Å². The first-order chi connectivity index (χ1) is 9.43. The standard InChI is InChI=1S/C17H23NO2/c1-5-14(19)10-9-13-8-6-7-12(2)15(13)16-18-17(3,4)11-20-16/h6-8H,5,9-11H2,1-4H3. The molecule has 0 bridgehead atoms. The van der Waals surface area contributed by atoms with Crippen molar-refractivity contribution in [2.75, 3.05) is 6.61 Å². The van der Waals surface area contributed by atoms with Crippen molar-refractivity contribution in [2.45, 2.75) is 52.5 Å². The molecule has 3 heteroatoms. The molecule has 0 unspecified atom stereocenters. The van der Waals surface area contributed by atoms with Crippen LogP contribution >= 0.6 is 0 Å². The predicted octanol–water partition coefficient (Wildman–Crippen LogP) is 3.46. The fraction of sp³-hybridized carbons (Fsp3) is 0.529. The Labute approximate surface area is 121 Å². The van der Waals surface area contributed by atoms with E-state index in [9.17, 15) is 4.79 Å². The van der Waals surface area contributed by atoms with Gasteiger partial charge >= 0.3 is 0 Å². The monoisotopic (exact) mass is 273 g/mol. The number of hydrogen-bond donors (Lipinski definition) is 0. The summed E-state index contributed by atoms with van der Waals surface area (Å²) >= 11 is 0. The number of Topliss-reactive ketones (excluding diaryl/α,β-unsaturated/α-hetero) is 1. The molecule has 0 amide bonds. The van der Waals surface area contributed by atoms with Crippen LogP contribution in [0.2, 0.25) is 0 Å². The lowest BCUT2D eigenvalue weighted by Crippen LogP contribution is -2.17. The minimum absolute atomic E-state index is 0.159. The Morgan fingerprint density at radius 3 is 2.75 bits per heavy atom. The van der Waals surface area contributed by atoms with Crippen molar-refractivity contribution in [1.82, 2.24) is 0 Å². The highest BCUT2D eigenvalue weighted by Crippen LogP contribution is 2.25. The third kappa shape index (κ3) is 3.27. The zero-order chi connectivity index (χ0) is 14.8. The molecule has 2 rings (SSSR count). The van der Waals surface area contributed by atoms with Crippen molar-refractivity contribution in [3.05, 3.63) is 34.9 Å². The molecule has 0 atom stereocenters. The highest BCUT2D eigenvalue weighted by molar-refractivity contribution is 5.98. The van der Waals surface area contributed by atoms with Gasteiger partial charge in [-0.2, -0.15) is 0 Å². The Morgan fingerprint density at radius 1 is 1.40 bits per heavy atom. The lowest BCUT2D eigenvalue weighted by atomic mass is 9.97. The van der Waals surface area contributed by atoms with Crippen LogP contribution in [0.15, 0.2) is 23.2 Å². The van der Waals surface area contributed by atoms with Crippen molar-refractivity contribution >= 4 is 11.7 Å². The van der Waals surface area contributed by atoms with E-state index < -0.39 is 0 Å². The smallest absolute Gasteiger partial charge is 0.217 e. The van der Waals surface area contributed by atoms with Crippen LogP contribution in [0.1, 0.15) is 50.3 Å².